The summed E-state index contributed by atoms with van der Waals surface area (Å²) in [4.78, 5) is 28.9. The van der Waals surface area contributed by atoms with Crippen LogP contribution in [0.2, 0.25) is 5.02 Å². The Balaban J connectivity index is 1.54. The Kier molecular flexibility index (Phi) is 4.96. The molecular weight excluding hydrogens is 330 g/mol. The van der Waals surface area contributed by atoms with E-state index in [1.807, 2.05) is 4.90 Å². The number of carbonyl (C=O) groups excluding carboxylic acids is 2. The molecule has 1 heterocycles. The van der Waals surface area contributed by atoms with Gasteiger partial charge >= 0.3 is 0 Å². The topological polar surface area (TPSA) is 61.9 Å². The van der Waals surface area contributed by atoms with Gasteiger partial charge in [0.15, 0.2) is 0 Å². The van der Waals surface area contributed by atoms with Gasteiger partial charge in [0, 0.05) is 31.9 Å². The zero-order valence-corrected chi connectivity index (χ0v) is 14.7. The van der Waals surface area contributed by atoms with Crippen LogP contribution in [0, 0.1) is 11.8 Å². The van der Waals surface area contributed by atoms with E-state index in [-0.39, 0.29) is 23.7 Å². The predicted molar refractivity (Wildman–Crippen MR) is 92.3 cm³/mol. The van der Waals surface area contributed by atoms with Crippen molar-refractivity contribution in [2.24, 2.45) is 11.8 Å². The highest BCUT2D eigenvalue weighted by Crippen LogP contribution is 2.41. The molecule has 1 aromatic carbocycles. The summed E-state index contributed by atoms with van der Waals surface area (Å²) in [7, 11) is 3.59. The van der Waals surface area contributed by atoms with Gasteiger partial charge in [-0.05, 0) is 31.7 Å². The number of anilines is 1. The molecule has 1 aromatic rings. The molecule has 1 N–H and O–H groups in total. The van der Waals surface area contributed by atoms with Gasteiger partial charge < -0.3 is 19.9 Å². The largest absolute Gasteiger partial charge is 0.495 e. The van der Waals surface area contributed by atoms with Crippen LogP contribution in [0.25, 0.3) is 0 Å². The first-order chi connectivity index (χ1) is 11.5. The molecule has 2 amide bonds. The summed E-state index contributed by atoms with van der Waals surface area (Å²) < 4.78 is 5.09. The molecule has 1 saturated heterocycles. The molecule has 24 heavy (non-hydrogen) atoms. The van der Waals surface area contributed by atoms with Gasteiger partial charge in [-0.2, -0.15) is 0 Å². The van der Waals surface area contributed by atoms with Gasteiger partial charge in [0.05, 0.1) is 24.0 Å². The van der Waals surface area contributed by atoms with Crippen LogP contribution in [0.4, 0.5) is 5.69 Å². The quantitative estimate of drug-likeness (QED) is 0.896. The van der Waals surface area contributed by atoms with Crippen LogP contribution in [0.1, 0.15) is 6.42 Å². The van der Waals surface area contributed by atoms with Crippen molar-refractivity contribution in [3.8, 4) is 5.75 Å². The Morgan fingerprint density at radius 3 is 2.54 bits per heavy atom. The van der Waals surface area contributed by atoms with Gasteiger partial charge in [-0.3, -0.25) is 9.59 Å². The number of amides is 2. The highest BCUT2D eigenvalue weighted by atomic mass is 35.5. The molecule has 1 saturated carbocycles. The molecule has 0 aromatic heterocycles. The number of likely N-dealkylation sites (N-methyl/N-ethyl adjacent to an activating group) is 1. The van der Waals surface area contributed by atoms with Gasteiger partial charge in [-0.1, -0.05) is 11.6 Å². The van der Waals surface area contributed by atoms with Crippen LogP contribution in [-0.2, 0) is 9.59 Å². The number of benzene rings is 1. The maximum Gasteiger partial charge on any atom is 0.228 e. The van der Waals surface area contributed by atoms with Crippen molar-refractivity contribution < 1.29 is 14.3 Å². The van der Waals surface area contributed by atoms with Crippen molar-refractivity contribution >= 4 is 29.1 Å². The van der Waals surface area contributed by atoms with Crippen molar-refractivity contribution in [2.45, 2.75) is 6.42 Å². The average Bonchev–Trinajstić information content (AvgIpc) is 3.36. The van der Waals surface area contributed by atoms with Crippen LogP contribution >= 0.6 is 11.6 Å². The fraction of sp³-hybridized carbons (Fsp3) is 0.529. The summed E-state index contributed by atoms with van der Waals surface area (Å²) in [6, 6.07) is 5.10. The number of ether oxygens (including phenoxy) is 1. The number of hydrogen-bond donors (Lipinski definition) is 1. The van der Waals surface area contributed by atoms with Gasteiger partial charge in [0.2, 0.25) is 11.8 Å². The van der Waals surface area contributed by atoms with Gasteiger partial charge in [-0.25, -0.2) is 0 Å². The minimum atomic E-state index is -0.238. The number of halogens is 1. The van der Waals surface area contributed by atoms with E-state index in [1.54, 1.807) is 18.2 Å². The molecule has 7 heteroatoms. The molecule has 2 atom stereocenters. The molecule has 0 radical (unpaired) electrons. The molecule has 1 aliphatic heterocycles. The Morgan fingerprint density at radius 2 is 1.92 bits per heavy atom. The second-order valence-electron chi connectivity index (χ2n) is 6.42. The lowest BCUT2D eigenvalue weighted by Crippen LogP contribution is -2.48. The summed E-state index contributed by atoms with van der Waals surface area (Å²) in [5, 5.41) is 3.27. The highest BCUT2D eigenvalue weighted by molar-refractivity contribution is 6.32. The maximum absolute atomic E-state index is 12.5. The molecule has 0 spiro atoms. The molecule has 2 aliphatic rings. The summed E-state index contributed by atoms with van der Waals surface area (Å²) in [5.41, 5.74) is 0.614. The fourth-order valence-corrected chi connectivity index (χ4v) is 3.26. The third kappa shape index (κ3) is 3.65. The Hall–Kier alpha value is -1.79. The van der Waals surface area contributed by atoms with Crippen molar-refractivity contribution in [1.82, 2.24) is 9.80 Å². The summed E-state index contributed by atoms with van der Waals surface area (Å²) >= 11 is 6.06. The monoisotopic (exact) mass is 351 g/mol. The van der Waals surface area contributed by atoms with Gasteiger partial charge in [0.1, 0.15) is 5.75 Å². The second-order valence-corrected chi connectivity index (χ2v) is 6.82. The van der Waals surface area contributed by atoms with Crippen LogP contribution in [-0.4, -0.2) is 62.0 Å². The second kappa shape index (κ2) is 6.99. The van der Waals surface area contributed by atoms with Gasteiger partial charge in [-0.15, -0.1) is 0 Å². The number of carbonyl (C=O) groups is 2. The molecule has 130 valence electrons. The van der Waals surface area contributed by atoms with Crippen LogP contribution < -0.4 is 10.1 Å². The standard InChI is InChI=1S/C17H22ClN3O3/c1-20-5-7-21(8-6-20)17(23)13-10-12(13)16(22)19-11-3-4-15(24-2)14(18)9-11/h3-4,9,12-13H,5-8,10H2,1-2H3,(H,19,22). The minimum absolute atomic E-state index is 0.107. The van der Waals surface area contributed by atoms with E-state index in [2.05, 4.69) is 17.3 Å². The Labute approximate surface area is 146 Å². The van der Waals surface area contributed by atoms with Crippen molar-refractivity contribution in [1.29, 1.82) is 0 Å². The van der Waals surface area contributed by atoms with E-state index in [4.69, 9.17) is 16.3 Å². The molecular formula is C17H22ClN3O3. The van der Waals surface area contributed by atoms with Crippen LogP contribution in [0.15, 0.2) is 18.2 Å². The lowest BCUT2D eigenvalue weighted by Gasteiger charge is -2.32. The SMILES string of the molecule is COc1ccc(NC(=O)C2CC2C(=O)N2CCN(C)CC2)cc1Cl. The van der Waals surface area contributed by atoms with E-state index in [0.29, 0.717) is 22.9 Å². The number of rotatable bonds is 4. The lowest BCUT2D eigenvalue weighted by atomic mass is 10.2. The average molecular weight is 352 g/mol. The van der Waals surface area contributed by atoms with E-state index < -0.39 is 0 Å². The van der Waals surface area contributed by atoms with E-state index in [0.717, 1.165) is 26.2 Å². The molecule has 2 fully saturated rings. The summed E-state index contributed by atoms with van der Waals surface area (Å²) in [5.74, 6) is 0.129. The normalized spacial score (nSPS) is 23.7. The molecule has 0 bridgehead atoms. The first-order valence-electron chi connectivity index (χ1n) is 8.11. The van der Waals surface area contributed by atoms with Crippen molar-refractivity contribution in [3.05, 3.63) is 23.2 Å². The van der Waals surface area contributed by atoms with E-state index in [9.17, 15) is 9.59 Å². The van der Waals surface area contributed by atoms with Crippen molar-refractivity contribution in [2.75, 3.05) is 45.7 Å². The summed E-state index contributed by atoms with van der Waals surface area (Å²) in [6.45, 7) is 3.27. The summed E-state index contributed by atoms with van der Waals surface area (Å²) in [6.07, 6.45) is 0.626. The number of hydrogen-bond acceptors (Lipinski definition) is 4. The third-order valence-electron chi connectivity index (χ3n) is 4.68. The Morgan fingerprint density at radius 1 is 1.21 bits per heavy atom. The number of nitrogens with one attached hydrogen (secondary N) is 1. The zero-order chi connectivity index (χ0) is 17.3. The molecule has 3 rings (SSSR count). The third-order valence-corrected chi connectivity index (χ3v) is 4.97. The number of methoxy groups -OCH3 is 1. The van der Waals surface area contributed by atoms with E-state index >= 15 is 0 Å². The first-order valence-corrected chi connectivity index (χ1v) is 8.49. The maximum atomic E-state index is 12.5. The smallest absolute Gasteiger partial charge is 0.228 e. The molecule has 2 unspecified atom stereocenters. The van der Waals surface area contributed by atoms with Crippen LogP contribution in [0.5, 0.6) is 5.75 Å². The molecule has 6 nitrogen and oxygen atoms in total. The van der Waals surface area contributed by atoms with Crippen LogP contribution in [0.3, 0.4) is 0 Å². The highest BCUT2D eigenvalue weighted by Gasteiger charge is 2.49. The lowest BCUT2D eigenvalue weighted by molar-refractivity contribution is -0.135. The number of nitrogens with zero attached hydrogens (tertiary/aromatic N) is 2. The zero-order valence-electron chi connectivity index (χ0n) is 13.9. The molecule has 1 aliphatic carbocycles. The number of piperazine rings is 1. The minimum Gasteiger partial charge on any atom is -0.495 e. The van der Waals surface area contributed by atoms with Gasteiger partial charge in [0.25, 0.3) is 0 Å². The predicted octanol–water partition coefficient (Wildman–Crippen LogP) is 1.70. The fourth-order valence-electron chi connectivity index (χ4n) is 3.00. The Bertz CT molecular complexity index is 644. The van der Waals surface area contributed by atoms with E-state index in [1.165, 1.54) is 7.11 Å². The van der Waals surface area contributed by atoms with Crippen molar-refractivity contribution in [3.63, 3.8) is 0 Å². The first kappa shape index (κ1) is 17.0.